The fourth-order valence-electron chi connectivity index (χ4n) is 2.73. The number of nitrogens with two attached hydrogens (primary N) is 1. The molecule has 4 heteroatoms. The molecule has 2 rings (SSSR count). The Morgan fingerprint density at radius 1 is 1.10 bits per heavy atom. The summed E-state index contributed by atoms with van der Waals surface area (Å²) in [6, 6.07) is 10.3. The van der Waals surface area contributed by atoms with Gasteiger partial charge < -0.3 is 4.74 Å². The van der Waals surface area contributed by atoms with E-state index in [0.29, 0.717) is 0 Å². The number of rotatable bonds is 4. The molecule has 0 heterocycles. The van der Waals surface area contributed by atoms with Gasteiger partial charge in [0.2, 0.25) is 0 Å². The van der Waals surface area contributed by atoms with E-state index in [1.807, 2.05) is 12.1 Å². The number of benzene rings is 2. The molecule has 0 saturated carbocycles. The smallest absolute Gasteiger partial charge is 0.124 e. The van der Waals surface area contributed by atoms with E-state index in [0.717, 1.165) is 26.9 Å². The maximum Gasteiger partial charge on any atom is 0.124 e. The number of halogens is 1. The minimum absolute atomic E-state index is 0.113. The summed E-state index contributed by atoms with van der Waals surface area (Å²) in [6.45, 7) is 6.24. The summed E-state index contributed by atoms with van der Waals surface area (Å²) in [6.07, 6.45) is 0. The van der Waals surface area contributed by atoms with Gasteiger partial charge in [0.15, 0.2) is 0 Å². The second-order valence-electron chi connectivity index (χ2n) is 5.30. The van der Waals surface area contributed by atoms with E-state index in [9.17, 15) is 0 Å². The molecule has 21 heavy (non-hydrogen) atoms. The summed E-state index contributed by atoms with van der Waals surface area (Å²) in [5.41, 5.74) is 8.67. The van der Waals surface area contributed by atoms with Crippen molar-refractivity contribution < 1.29 is 4.74 Å². The molecular formula is C17H21BrN2O. The summed E-state index contributed by atoms with van der Waals surface area (Å²) >= 11 is 3.53. The number of hydrogen-bond donors (Lipinski definition) is 2. The first-order valence-electron chi connectivity index (χ1n) is 6.85. The Bertz CT molecular complexity index is 655. The Kier molecular flexibility index (Phi) is 5.04. The second kappa shape index (κ2) is 6.60. The van der Waals surface area contributed by atoms with Crippen LogP contribution in [0.2, 0.25) is 0 Å². The molecule has 2 aromatic rings. The molecule has 112 valence electrons. The fraction of sp³-hybridized carbons (Fsp3) is 0.294. The fourth-order valence-corrected chi connectivity index (χ4v) is 3.11. The zero-order valence-electron chi connectivity index (χ0n) is 12.8. The van der Waals surface area contributed by atoms with E-state index < -0.39 is 0 Å². The van der Waals surface area contributed by atoms with Gasteiger partial charge in [0.05, 0.1) is 13.2 Å². The first-order valence-corrected chi connectivity index (χ1v) is 7.64. The van der Waals surface area contributed by atoms with E-state index in [4.69, 9.17) is 10.6 Å². The van der Waals surface area contributed by atoms with Crippen LogP contribution < -0.4 is 16.0 Å². The van der Waals surface area contributed by atoms with Crippen molar-refractivity contribution in [2.75, 3.05) is 7.11 Å². The monoisotopic (exact) mass is 348 g/mol. The summed E-state index contributed by atoms with van der Waals surface area (Å²) in [5.74, 6) is 6.72. The minimum atomic E-state index is -0.113. The first kappa shape index (κ1) is 16.0. The molecule has 0 aliphatic carbocycles. The lowest BCUT2D eigenvalue weighted by atomic mass is 9.91. The number of aryl methyl sites for hydroxylation is 3. The van der Waals surface area contributed by atoms with Crippen LogP contribution in [0.4, 0.5) is 0 Å². The van der Waals surface area contributed by atoms with Gasteiger partial charge in [-0.2, -0.15) is 0 Å². The van der Waals surface area contributed by atoms with Gasteiger partial charge in [-0.1, -0.05) is 28.1 Å². The number of nitrogens with one attached hydrogen (secondary N) is 1. The molecule has 0 spiro atoms. The highest BCUT2D eigenvalue weighted by atomic mass is 79.9. The molecule has 0 aliphatic rings. The van der Waals surface area contributed by atoms with E-state index in [2.05, 4.69) is 60.3 Å². The molecular weight excluding hydrogens is 328 g/mol. The van der Waals surface area contributed by atoms with Crippen LogP contribution >= 0.6 is 15.9 Å². The van der Waals surface area contributed by atoms with Crippen LogP contribution in [0, 0.1) is 20.8 Å². The van der Waals surface area contributed by atoms with Crippen molar-refractivity contribution in [2.45, 2.75) is 26.8 Å². The van der Waals surface area contributed by atoms with Crippen molar-refractivity contribution >= 4 is 15.9 Å². The second-order valence-corrected chi connectivity index (χ2v) is 6.21. The Morgan fingerprint density at radius 2 is 1.81 bits per heavy atom. The highest BCUT2D eigenvalue weighted by Gasteiger charge is 2.21. The maximum absolute atomic E-state index is 5.87. The van der Waals surface area contributed by atoms with Crippen molar-refractivity contribution in [1.29, 1.82) is 0 Å². The van der Waals surface area contributed by atoms with Crippen LogP contribution in [0.15, 0.2) is 34.8 Å². The average Bonchev–Trinajstić information content (AvgIpc) is 2.44. The molecule has 2 aromatic carbocycles. The predicted octanol–water partition coefficient (Wildman–Crippen LogP) is 3.94. The minimum Gasteiger partial charge on any atom is -0.496 e. The molecule has 0 saturated heterocycles. The largest absolute Gasteiger partial charge is 0.496 e. The quantitative estimate of drug-likeness (QED) is 0.649. The Labute approximate surface area is 134 Å². The SMILES string of the molecule is COc1cc(C)cc(C)c1C(NN)c1cc(Br)ccc1C. The highest BCUT2D eigenvalue weighted by molar-refractivity contribution is 9.10. The zero-order valence-corrected chi connectivity index (χ0v) is 14.4. The van der Waals surface area contributed by atoms with Crippen LogP contribution in [0.1, 0.15) is 33.9 Å². The summed E-state index contributed by atoms with van der Waals surface area (Å²) in [4.78, 5) is 0. The van der Waals surface area contributed by atoms with Gasteiger partial charge in [-0.3, -0.25) is 5.84 Å². The standard InChI is InChI=1S/C17H21BrN2O/c1-10-7-12(3)16(15(8-10)21-4)17(20-19)14-9-13(18)6-5-11(14)2/h5-9,17,20H,19H2,1-4H3. The van der Waals surface area contributed by atoms with Gasteiger partial charge in [-0.15, -0.1) is 0 Å². The van der Waals surface area contributed by atoms with Gasteiger partial charge in [0.1, 0.15) is 5.75 Å². The third-order valence-corrected chi connectivity index (χ3v) is 4.21. The number of ether oxygens (including phenoxy) is 1. The van der Waals surface area contributed by atoms with Crippen LogP contribution in [-0.2, 0) is 0 Å². The van der Waals surface area contributed by atoms with Gasteiger partial charge in [0, 0.05) is 10.0 Å². The number of methoxy groups -OCH3 is 1. The van der Waals surface area contributed by atoms with Crippen molar-refractivity contribution in [3.63, 3.8) is 0 Å². The third-order valence-electron chi connectivity index (χ3n) is 3.72. The number of hydrogen-bond acceptors (Lipinski definition) is 3. The summed E-state index contributed by atoms with van der Waals surface area (Å²) < 4.78 is 6.61. The normalized spacial score (nSPS) is 12.3. The lowest BCUT2D eigenvalue weighted by molar-refractivity contribution is 0.403. The third kappa shape index (κ3) is 3.28. The summed E-state index contributed by atoms with van der Waals surface area (Å²) in [5, 5.41) is 0. The van der Waals surface area contributed by atoms with Crippen molar-refractivity contribution in [2.24, 2.45) is 5.84 Å². The molecule has 0 aromatic heterocycles. The lowest BCUT2D eigenvalue weighted by Crippen LogP contribution is -2.30. The molecule has 0 aliphatic heterocycles. The maximum atomic E-state index is 5.87. The Hall–Kier alpha value is -1.36. The predicted molar refractivity (Wildman–Crippen MR) is 90.5 cm³/mol. The van der Waals surface area contributed by atoms with Gasteiger partial charge in [-0.25, -0.2) is 5.43 Å². The molecule has 0 radical (unpaired) electrons. The molecule has 0 fully saturated rings. The molecule has 1 atom stereocenters. The van der Waals surface area contributed by atoms with Crippen molar-refractivity contribution in [1.82, 2.24) is 5.43 Å². The molecule has 1 unspecified atom stereocenters. The average molecular weight is 349 g/mol. The van der Waals surface area contributed by atoms with E-state index in [-0.39, 0.29) is 6.04 Å². The van der Waals surface area contributed by atoms with Crippen LogP contribution in [0.5, 0.6) is 5.75 Å². The van der Waals surface area contributed by atoms with Crippen molar-refractivity contribution in [3.05, 3.63) is 62.6 Å². The first-order chi connectivity index (χ1) is 9.97. The lowest BCUT2D eigenvalue weighted by Gasteiger charge is -2.24. The molecule has 0 amide bonds. The van der Waals surface area contributed by atoms with E-state index in [1.165, 1.54) is 11.1 Å². The van der Waals surface area contributed by atoms with Crippen molar-refractivity contribution in [3.8, 4) is 5.75 Å². The van der Waals surface area contributed by atoms with Crippen LogP contribution in [-0.4, -0.2) is 7.11 Å². The van der Waals surface area contributed by atoms with Crippen LogP contribution in [0.25, 0.3) is 0 Å². The van der Waals surface area contributed by atoms with Gasteiger partial charge in [0.25, 0.3) is 0 Å². The molecule has 3 nitrogen and oxygen atoms in total. The Balaban J connectivity index is 2.64. The van der Waals surface area contributed by atoms with Gasteiger partial charge >= 0.3 is 0 Å². The summed E-state index contributed by atoms with van der Waals surface area (Å²) in [7, 11) is 1.69. The van der Waals surface area contributed by atoms with E-state index >= 15 is 0 Å². The van der Waals surface area contributed by atoms with Gasteiger partial charge in [-0.05, 0) is 61.2 Å². The topological polar surface area (TPSA) is 47.3 Å². The number of hydrazine groups is 1. The zero-order chi connectivity index (χ0) is 15.6. The van der Waals surface area contributed by atoms with Crippen LogP contribution in [0.3, 0.4) is 0 Å². The van der Waals surface area contributed by atoms with E-state index in [1.54, 1.807) is 7.11 Å². The molecule has 0 bridgehead atoms. The highest BCUT2D eigenvalue weighted by Crippen LogP contribution is 2.35. The Morgan fingerprint density at radius 3 is 2.43 bits per heavy atom. The molecule has 3 N–H and O–H groups in total.